The molecular weight excluding hydrogens is 558 g/mol. The van der Waals surface area contributed by atoms with Crippen molar-refractivity contribution in [2.45, 2.75) is 43.8 Å². The molecule has 4 aliphatic rings. The second-order valence-corrected chi connectivity index (χ2v) is 11.8. The summed E-state index contributed by atoms with van der Waals surface area (Å²) in [4.78, 5) is 29.7. The van der Waals surface area contributed by atoms with Crippen molar-refractivity contribution in [3.8, 4) is 11.5 Å². The van der Waals surface area contributed by atoms with Crippen molar-refractivity contribution in [2.75, 3.05) is 36.9 Å². The van der Waals surface area contributed by atoms with Crippen LogP contribution in [0.3, 0.4) is 0 Å². The smallest absolute Gasteiger partial charge is 0.276 e. The second-order valence-electron chi connectivity index (χ2n) is 11.8. The lowest BCUT2D eigenvalue weighted by Crippen LogP contribution is -2.51. The van der Waals surface area contributed by atoms with E-state index in [0.29, 0.717) is 52.9 Å². The fraction of sp³-hybridized carbons (Fsp3) is 0.344. The van der Waals surface area contributed by atoms with E-state index in [1.54, 1.807) is 23.0 Å². The van der Waals surface area contributed by atoms with Crippen LogP contribution in [0.25, 0.3) is 22.5 Å². The number of aromatic nitrogens is 6. The van der Waals surface area contributed by atoms with Gasteiger partial charge in [-0.1, -0.05) is 47.6 Å². The molecule has 44 heavy (non-hydrogen) atoms. The van der Waals surface area contributed by atoms with E-state index in [4.69, 9.17) is 14.5 Å². The van der Waals surface area contributed by atoms with E-state index in [1.807, 2.05) is 53.2 Å². The third-order valence-electron chi connectivity index (χ3n) is 9.32. The summed E-state index contributed by atoms with van der Waals surface area (Å²) >= 11 is 0. The van der Waals surface area contributed by atoms with Crippen LogP contribution >= 0.6 is 0 Å². The Hall–Kier alpha value is -4.81. The molecule has 0 amide bonds. The second kappa shape index (κ2) is 10.7. The normalized spacial score (nSPS) is 21.3. The molecule has 3 saturated heterocycles. The van der Waals surface area contributed by atoms with Gasteiger partial charge in [-0.05, 0) is 56.6 Å². The van der Waals surface area contributed by atoms with Crippen molar-refractivity contribution in [3.05, 3.63) is 88.6 Å². The zero-order valence-corrected chi connectivity index (χ0v) is 24.2. The van der Waals surface area contributed by atoms with E-state index in [0.717, 1.165) is 50.3 Å². The van der Waals surface area contributed by atoms with Crippen LogP contribution in [0.5, 0.6) is 0 Å². The van der Waals surface area contributed by atoms with Gasteiger partial charge in [0.25, 0.3) is 11.4 Å². The molecule has 4 aliphatic heterocycles. The molecule has 0 unspecified atom stereocenters. The molecule has 2 bridgehead atoms. The Bertz CT molecular complexity index is 1900. The monoisotopic (exact) mass is 591 g/mol. The number of anilines is 3. The first-order valence-electron chi connectivity index (χ1n) is 15.1. The number of pyridine rings is 2. The Labute approximate surface area is 253 Å². The Kier molecular flexibility index (Phi) is 6.53. The largest absolute Gasteiger partial charge is 0.394 e. The third-order valence-corrected chi connectivity index (χ3v) is 9.32. The van der Waals surface area contributed by atoms with E-state index in [-0.39, 0.29) is 23.6 Å². The van der Waals surface area contributed by atoms with E-state index >= 15 is 0 Å². The van der Waals surface area contributed by atoms with Crippen LogP contribution in [0, 0.1) is 0 Å². The van der Waals surface area contributed by atoms with Crippen molar-refractivity contribution in [3.63, 3.8) is 0 Å². The summed E-state index contributed by atoms with van der Waals surface area (Å²) in [7, 11) is 0. The zero-order chi connectivity index (χ0) is 29.7. The first-order valence-corrected chi connectivity index (χ1v) is 15.1. The van der Waals surface area contributed by atoms with Gasteiger partial charge in [-0.25, -0.2) is 14.6 Å². The summed E-state index contributed by atoms with van der Waals surface area (Å²) in [5.41, 5.74) is 2.80. The molecule has 8 heterocycles. The lowest BCUT2D eigenvalue weighted by molar-refractivity contribution is 0.0747. The van der Waals surface area contributed by atoms with Gasteiger partial charge in [0.15, 0.2) is 11.5 Å². The van der Waals surface area contributed by atoms with Crippen LogP contribution in [-0.4, -0.2) is 65.7 Å². The molecule has 1 aromatic carbocycles. The predicted molar refractivity (Wildman–Crippen MR) is 166 cm³/mol. The van der Waals surface area contributed by atoms with Gasteiger partial charge in [0.2, 0.25) is 0 Å². The van der Waals surface area contributed by atoms with Crippen LogP contribution in [0.15, 0.2) is 76.2 Å². The first kappa shape index (κ1) is 26.8. The highest BCUT2D eigenvalue weighted by Crippen LogP contribution is 2.42. The van der Waals surface area contributed by atoms with Gasteiger partial charge < -0.3 is 25.2 Å². The highest BCUT2D eigenvalue weighted by atomic mass is 16.5. The molecule has 0 radical (unpaired) electrons. The van der Waals surface area contributed by atoms with Crippen molar-refractivity contribution in [2.24, 2.45) is 0 Å². The molecule has 224 valence electrons. The summed E-state index contributed by atoms with van der Waals surface area (Å²) in [6.07, 6.45) is 8.81. The molecule has 3 N–H and O–H groups in total. The predicted octanol–water partition coefficient (Wildman–Crippen LogP) is 3.84. The van der Waals surface area contributed by atoms with Crippen molar-refractivity contribution >= 4 is 28.4 Å². The van der Waals surface area contributed by atoms with Gasteiger partial charge in [-0.15, -0.1) is 0 Å². The molecule has 0 saturated carbocycles. The number of aliphatic hydroxyl groups is 1. The molecule has 0 spiro atoms. The molecule has 12 heteroatoms. The molecule has 12 nitrogen and oxygen atoms in total. The Morgan fingerprint density at radius 2 is 1.73 bits per heavy atom. The summed E-state index contributed by atoms with van der Waals surface area (Å²) in [5, 5.41) is 22.2. The minimum absolute atomic E-state index is 0.0446. The molecule has 4 aromatic heterocycles. The number of nitrogens with one attached hydrogen (secondary N) is 2. The summed E-state index contributed by atoms with van der Waals surface area (Å²) in [6.45, 7) is 4.18. The van der Waals surface area contributed by atoms with Crippen molar-refractivity contribution < 1.29 is 9.63 Å². The Morgan fingerprint density at radius 1 is 0.955 bits per heavy atom. The minimum Gasteiger partial charge on any atom is -0.394 e. The zero-order valence-electron chi connectivity index (χ0n) is 24.2. The maximum absolute atomic E-state index is 12.8. The molecule has 0 aliphatic carbocycles. The van der Waals surface area contributed by atoms with Gasteiger partial charge in [0, 0.05) is 17.7 Å². The Balaban J connectivity index is 1.15. The van der Waals surface area contributed by atoms with Crippen LogP contribution < -0.4 is 16.2 Å². The average molecular weight is 592 g/mol. The van der Waals surface area contributed by atoms with E-state index in [1.165, 1.54) is 0 Å². The number of aliphatic hydroxyl groups excluding tert-OH is 1. The molecule has 5 aromatic rings. The van der Waals surface area contributed by atoms with Crippen LogP contribution in [0.2, 0.25) is 0 Å². The van der Waals surface area contributed by atoms with Gasteiger partial charge >= 0.3 is 0 Å². The number of nitrogens with zero attached hydrogens (tertiary/aromatic N) is 7. The van der Waals surface area contributed by atoms with Crippen LogP contribution in [0.1, 0.15) is 36.7 Å². The van der Waals surface area contributed by atoms with E-state index in [9.17, 15) is 9.90 Å². The fourth-order valence-corrected chi connectivity index (χ4v) is 6.72. The summed E-state index contributed by atoms with van der Waals surface area (Å²) < 4.78 is 9.47. The number of allylic oxidation sites excluding steroid dienone is 2. The maximum Gasteiger partial charge on any atom is 0.276 e. The lowest BCUT2D eigenvalue weighted by Gasteiger charge is -2.46. The SMILES string of the molecule is O=c1c2ccc(Nc3cc(N[C@H](CO)c4ccccc4)c(-c4nc(C56CCN(CC5)CC6)no4)cn3)nc2n2n1CC=CC2. The average Bonchev–Trinajstić information content (AvgIpc) is 3.69. The number of hydrogen-bond donors (Lipinski definition) is 3. The molecule has 9 rings (SSSR count). The van der Waals surface area contributed by atoms with E-state index < -0.39 is 0 Å². The van der Waals surface area contributed by atoms with Crippen LogP contribution in [0.4, 0.5) is 17.3 Å². The number of hydrogen-bond acceptors (Lipinski definition) is 10. The third kappa shape index (κ3) is 4.57. The summed E-state index contributed by atoms with van der Waals surface area (Å²) in [5.74, 6) is 2.25. The number of fused-ring (bicyclic) bond motifs is 6. The quantitative estimate of drug-likeness (QED) is 0.228. The topological polar surface area (TPSA) is 139 Å². The highest BCUT2D eigenvalue weighted by Gasteiger charge is 2.44. The number of piperidine rings is 3. The summed E-state index contributed by atoms with van der Waals surface area (Å²) in [6, 6.07) is 14.9. The van der Waals surface area contributed by atoms with Gasteiger partial charge in [-0.3, -0.25) is 9.48 Å². The number of benzene rings is 1. The minimum atomic E-state index is -0.379. The number of rotatable bonds is 8. The van der Waals surface area contributed by atoms with Crippen molar-refractivity contribution in [1.82, 2.24) is 34.4 Å². The van der Waals surface area contributed by atoms with Crippen LogP contribution in [-0.2, 0) is 18.5 Å². The first-order chi connectivity index (χ1) is 21.6. The van der Waals surface area contributed by atoms with E-state index in [2.05, 4.69) is 25.7 Å². The molecule has 1 atom stereocenters. The van der Waals surface area contributed by atoms with Gasteiger partial charge in [-0.2, -0.15) is 4.98 Å². The highest BCUT2D eigenvalue weighted by molar-refractivity contribution is 5.79. The standard InChI is InChI=1S/C32H33N9O3/c42-20-25(21-6-2-1-3-7-21)34-24-18-27(35-26-9-8-22-28(36-26)40-13-4-5-14-41(40)30(22)43)33-19-23(24)29-37-31(38-44-29)32-10-15-39(16-11-32)17-12-32/h1-9,18-19,25,42H,10-17,20H2,(H2,33,34,35,36)/t25-/m1/s1. The van der Waals surface area contributed by atoms with Gasteiger partial charge in [0.1, 0.15) is 11.6 Å². The lowest BCUT2D eigenvalue weighted by atomic mass is 9.71. The molecule has 3 fully saturated rings. The Morgan fingerprint density at radius 3 is 2.50 bits per heavy atom. The fourth-order valence-electron chi connectivity index (χ4n) is 6.72. The molecular formula is C32H33N9O3. The maximum atomic E-state index is 12.8. The van der Waals surface area contributed by atoms with Gasteiger partial charge in [0.05, 0.1) is 42.4 Å². The van der Waals surface area contributed by atoms with Crippen molar-refractivity contribution in [1.29, 1.82) is 0 Å².